The summed E-state index contributed by atoms with van der Waals surface area (Å²) in [4.78, 5) is 6.99. The second kappa shape index (κ2) is 5.19. The minimum Gasteiger partial charge on any atom is -0.382 e. The van der Waals surface area contributed by atoms with Crippen molar-refractivity contribution in [3.8, 4) is 10.6 Å². The molecule has 0 saturated carbocycles. The van der Waals surface area contributed by atoms with E-state index in [9.17, 15) is 0 Å². The Labute approximate surface area is 123 Å². The molecular formula is C16H19N3S. The zero-order chi connectivity index (χ0) is 13.4. The third-order valence-electron chi connectivity index (χ3n) is 4.53. The van der Waals surface area contributed by atoms with E-state index in [0.29, 0.717) is 6.04 Å². The van der Waals surface area contributed by atoms with Gasteiger partial charge in [-0.2, -0.15) is 0 Å². The van der Waals surface area contributed by atoms with Crippen molar-refractivity contribution >= 4 is 17.0 Å². The van der Waals surface area contributed by atoms with E-state index in [1.54, 1.807) is 11.3 Å². The lowest BCUT2D eigenvalue weighted by Crippen LogP contribution is -2.39. The van der Waals surface area contributed by atoms with Crippen molar-refractivity contribution in [2.45, 2.75) is 18.9 Å². The van der Waals surface area contributed by atoms with Gasteiger partial charge in [0, 0.05) is 42.0 Å². The molecule has 2 aliphatic heterocycles. The first kappa shape index (κ1) is 12.4. The molecule has 1 aromatic heterocycles. The molecule has 3 unspecified atom stereocenters. The number of rotatable bonds is 3. The van der Waals surface area contributed by atoms with E-state index < -0.39 is 0 Å². The van der Waals surface area contributed by atoms with Crippen LogP contribution in [0.3, 0.4) is 0 Å². The van der Waals surface area contributed by atoms with Crippen molar-refractivity contribution in [2.75, 3.05) is 25.0 Å². The molecule has 0 radical (unpaired) electrons. The quantitative estimate of drug-likeness (QED) is 0.937. The summed E-state index contributed by atoms with van der Waals surface area (Å²) in [7, 11) is 0. The van der Waals surface area contributed by atoms with Crippen LogP contribution in [0, 0.1) is 5.92 Å². The van der Waals surface area contributed by atoms with E-state index in [0.717, 1.165) is 10.9 Å². The van der Waals surface area contributed by atoms with E-state index in [1.165, 1.54) is 43.7 Å². The van der Waals surface area contributed by atoms with Gasteiger partial charge in [-0.05, 0) is 37.4 Å². The van der Waals surface area contributed by atoms with Crippen LogP contribution in [0.25, 0.3) is 10.6 Å². The summed E-state index contributed by atoms with van der Waals surface area (Å²) in [6.07, 6.45) is 4.49. The predicted octanol–water partition coefficient (Wildman–Crippen LogP) is 3.32. The molecule has 1 N–H and O–H groups in total. The summed E-state index contributed by atoms with van der Waals surface area (Å²) in [6.45, 7) is 3.83. The van der Waals surface area contributed by atoms with Gasteiger partial charge in [-0.3, -0.25) is 0 Å². The smallest absolute Gasteiger partial charge is 0.123 e. The monoisotopic (exact) mass is 285 g/mol. The Kier molecular flexibility index (Phi) is 3.20. The van der Waals surface area contributed by atoms with Crippen LogP contribution < -0.4 is 5.32 Å². The minimum absolute atomic E-state index is 0.639. The third kappa shape index (κ3) is 2.34. The molecule has 2 aromatic rings. The number of nitrogens with zero attached hydrogens (tertiary/aromatic N) is 2. The highest BCUT2D eigenvalue weighted by Gasteiger charge is 2.33. The van der Waals surface area contributed by atoms with E-state index in [4.69, 9.17) is 0 Å². The summed E-state index contributed by atoms with van der Waals surface area (Å²) in [6, 6.07) is 9.32. The first-order valence-electron chi connectivity index (χ1n) is 7.37. The van der Waals surface area contributed by atoms with Crippen LogP contribution in [-0.4, -0.2) is 35.6 Å². The largest absolute Gasteiger partial charge is 0.382 e. The topological polar surface area (TPSA) is 28.2 Å². The van der Waals surface area contributed by atoms with Crippen molar-refractivity contribution in [3.63, 3.8) is 0 Å². The molecule has 2 fully saturated rings. The normalized spacial score (nSPS) is 28.5. The lowest BCUT2D eigenvalue weighted by atomic mass is 9.94. The number of benzene rings is 1. The van der Waals surface area contributed by atoms with Crippen LogP contribution in [-0.2, 0) is 0 Å². The molecule has 104 valence electrons. The molecule has 4 heteroatoms. The highest BCUT2D eigenvalue weighted by molar-refractivity contribution is 7.13. The maximum atomic E-state index is 4.40. The highest BCUT2D eigenvalue weighted by Crippen LogP contribution is 2.31. The molecule has 0 aliphatic carbocycles. The number of thiazole rings is 1. The summed E-state index contributed by atoms with van der Waals surface area (Å²) < 4.78 is 0. The van der Waals surface area contributed by atoms with Gasteiger partial charge in [-0.1, -0.05) is 12.1 Å². The zero-order valence-corrected chi connectivity index (χ0v) is 12.3. The number of hydrogen-bond donors (Lipinski definition) is 1. The Balaban J connectivity index is 1.52. The second-order valence-corrected chi connectivity index (χ2v) is 6.70. The Morgan fingerprint density at radius 2 is 2.20 bits per heavy atom. The molecular weight excluding hydrogens is 266 g/mol. The number of piperidine rings is 1. The van der Waals surface area contributed by atoms with Gasteiger partial charge in [0.1, 0.15) is 5.01 Å². The molecule has 3 atom stereocenters. The van der Waals surface area contributed by atoms with E-state index in [-0.39, 0.29) is 0 Å². The number of hydrogen-bond acceptors (Lipinski definition) is 4. The second-order valence-electron chi connectivity index (χ2n) is 5.81. The maximum Gasteiger partial charge on any atom is 0.123 e. The number of anilines is 1. The van der Waals surface area contributed by atoms with Gasteiger partial charge in [0.25, 0.3) is 0 Å². The van der Waals surface area contributed by atoms with Crippen molar-refractivity contribution in [1.29, 1.82) is 0 Å². The Morgan fingerprint density at radius 1 is 1.25 bits per heavy atom. The summed E-state index contributed by atoms with van der Waals surface area (Å²) >= 11 is 1.70. The Hall–Kier alpha value is -1.39. The Bertz CT molecular complexity index is 581. The first-order chi connectivity index (χ1) is 9.88. The standard InChI is InChI=1S/C16H19N3S/c1-2-12(16-17-6-9-20-16)10-14(3-1)18-15-5-8-19-7-4-13(15)11-19/h1-3,6,9-10,13,15,18H,4-5,7-8,11H2. The van der Waals surface area contributed by atoms with Crippen LogP contribution in [0.15, 0.2) is 35.8 Å². The average Bonchev–Trinajstić information content (AvgIpc) is 3.13. The number of aromatic nitrogens is 1. The van der Waals surface area contributed by atoms with E-state index in [2.05, 4.69) is 39.5 Å². The molecule has 1 aromatic carbocycles. The molecule has 2 bridgehead atoms. The maximum absolute atomic E-state index is 4.40. The van der Waals surface area contributed by atoms with E-state index >= 15 is 0 Å². The Morgan fingerprint density at radius 3 is 3.10 bits per heavy atom. The molecule has 4 rings (SSSR count). The molecule has 2 aliphatic rings. The fourth-order valence-corrected chi connectivity index (χ4v) is 4.10. The van der Waals surface area contributed by atoms with Crippen LogP contribution in [0.2, 0.25) is 0 Å². The molecule has 3 heterocycles. The molecule has 3 nitrogen and oxygen atoms in total. The average molecular weight is 285 g/mol. The highest BCUT2D eigenvalue weighted by atomic mass is 32.1. The number of fused-ring (bicyclic) bond motifs is 2. The lowest BCUT2D eigenvalue weighted by Gasteiger charge is -2.31. The molecule has 20 heavy (non-hydrogen) atoms. The fourth-order valence-electron chi connectivity index (χ4n) is 3.46. The van der Waals surface area contributed by atoms with Gasteiger partial charge in [0.2, 0.25) is 0 Å². The zero-order valence-electron chi connectivity index (χ0n) is 11.5. The van der Waals surface area contributed by atoms with Crippen molar-refractivity contribution in [1.82, 2.24) is 9.88 Å². The molecule has 2 saturated heterocycles. The van der Waals surface area contributed by atoms with Gasteiger partial charge in [0.15, 0.2) is 0 Å². The fraction of sp³-hybridized carbons (Fsp3) is 0.438. The van der Waals surface area contributed by atoms with Gasteiger partial charge in [-0.15, -0.1) is 11.3 Å². The van der Waals surface area contributed by atoms with Crippen molar-refractivity contribution < 1.29 is 0 Å². The molecule has 0 spiro atoms. The minimum atomic E-state index is 0.639. The van der Waals surface area contributed by atoms with Crippen LogP contribution in [0.4, 0.5) is 5.69 Å². The summed E-state index contributed by atoms with van der Waals surface area (Å²) in [5.41, 5.74) is 2.46. The van der Waals surface area contributed by atoms with Gasteiger partial charge in [0.05, 0.1) is 0 Å². The van der Waals surface area contributed by atoms with Crippen molar-refractivity contribution in [3.05, 3.63) is 35.8 Å². The van der Waals surface area contributed by atoms with Crippen LogP contribution in [0.1, 0.15) is 12.8 Å². The van der Waals surface area contributed by atoms with Crippen molar-refractivity contribution in [2.24, 2.45) is 5.92 Å². The summed E-state index contributed by atoms with van der Waals surface area (Å²) in [5.74, 6) is 0.826. The van der Waals surface area contributed by atoms with Gasteiger partial charge >= 0.3 is 0 Å². The third-order valence-corrected chi connectivity index (χ3v) is 5.35. The van der Waals surface area contributed by atoms with Crippen LogP contribution >= 0.6 is 11.3 Å². The molecule has 0 amide bonds. The van der Waals surface area contributed by atoms with Crippen LogP contribution in [0.5, 0.6) is 0 Å². The number of nitrogens with one attached hydrogen (secondary N) is 1. The SMILES string of the molecule is c1cc(NC2CCN3CCC2C3)cc(-c2nccs2)c1. The lowest BCUT2D eigenvalue weighted by molar-refractivity contribution is 0.255. The van der Waals surface area contributed by atoms with E-state index in [1.807, 2.05) is 11.6 Å². The first-order valence-corrected chi connectivity index (χ1v) is 8.25. The summed E-state index contributed by atoms with van der Waals surface area (Å²) in [5, 5.41) is 6.89. The van der Waals surface area contributed by atoms with Gasteiger partial charge in [-0.25, -0.2) is 4.98 Å². The van der Waals surface area contributed by atoms with Gasteiger partial charge < -0.3 is 10.2 Å². The predicted molar refractivity (Wildman–Crippen MR) is 84.1 cm³/mol.